The van der Waals surface area contributed by atoms with E-state index in [4.69, 9.17) is 0 Å². The zero-order valence-corrected chi connectivity index (χ0v) is 6.33. The van der Waals surface area contributed by atoms with Crippen LogP contribution in [0.3, 0.4) is 0 Å². The lowest BCUT2D eigenvalue weighted by molar-refractivity contribution is -0.309. The first-order valence-corrected chi connectivity index (χ1v) is 3.46. The standard InChI is InChI=1S/C6H4F8/c7-1-2(8)4(10)6(13,14)5(11,12)3(1)9/h1-4H/t1-,2-,3?,4?/m0/s1. The second-order valence-electron chi connectivity index (χ2n) is 2.94. The summed E-state index contributed by atoms with van der Waals surface area (Å²) in [5.74, 6) is -11.1. The normalized spacial score (nSPS) is 46.3. The molecule has 0 aromatic heterocycles. The first kappa shape index (κ1) is 11.5. The molecule has 0 spiro atoms. The molecule has 1 aliphatic carbocycles. The summed E-state index contributed by atoms with van der Waals surface area (Å²) in [4.78, 5) is 0. The van der Waals surface area contributed by atoms with Crippen LogP contribution in [-0.2, 0) is 0 Å². The second-order valence-corrected chi connectivity index (χ2v) is 2.94. The monoisotopic (exact) mass is 228 g/mol. The van der Waals surface area contributed by atoms with Crippen molar-refractivity contribution >= 4 is 0 Å². The first-order chi connectivity index (χ1) is 6.14. The molecule has 1 aliphatic rings. The molecule has 4 atom stereocenters. The molecule has 1 fully saturated rings. The van der Waals surface area contributed by atoms with Gasteiger partial charge in [0.05, 0.1) is 0 Å². The van der Waals surface area contributed by atoms with Gasteiger partial charge >= 0.3 is 11.8 Å². The van der Waals surface area contributed by atoms with E-state index < -0.39 is 36.5 Å². The summed E-state index contributed by atoms with van der Waals surface area (Å²) in [5.41, 5.74) is 0. The Morgan fingerprint density at radius 2 is 0.786 bits per heavy atom. The van der Waals surface area contributed by atoms with Crippen LogP contribution in [0.2, 0.25) is 0 Å². The average molecular weight is 228 g/mol. The van der Waals surface area contributed by atoms with Crippen molar-refractivity contribution in [3.63, 3.8) is 0 Å². The number of alkyl halides is 8. The highest BCUT2D eigenvalue weighted by Gasteiger charge is 2.75. The molecule has 14 heavy (non-hydrogen) atoms. The van der Waals surface area contributed by atoms with Crippen LogP contribution in [0.1, 0.15) is 0 Å². The van der Waals surface area contributed by atoms with E-state index in [-0.39, 0.29) is 0 Å². The van der Waals surface area contributed by atoms with Gasteiger partial charge in [-0.05, 0) is 0 Å². The third-order valence-electron chi connectivity index (χ3n) is 2.00. The molecule has 0 bridgehead atoms. The fourth-order valence-corrected chi connectivity index (χ4v) is 1.09. The van der Waals surface area contributed by atoms with Gasteiger partial charge in [0, 0.05) is 0 Å². The van der Waals surface area contributed by atoms with Crippen molar-refractivity contribution in [1.29, 1.82) is 0 Å². The molecule has 2 unspecified atom stereocenters. The Hall–Kier alpha value is -0.560. The molecule has 0 amide bonds. The predicted molar refractivity (Wildman–Crippen MR) is 29.5 cm³/mol. The summed E-state index contributed by atoms with van der Waals surface area (Å²) in [5, 5.41) is 0. The van der Waals surface area contributed by atoms with Crippen LogP contribution >= 0.6 is 0 Å². The third kappa shape index (κ3) is 1.18. The number of hydrogen-bond acceptors (Lipinski definition) is 0. The van der Waals surface area contributed by atoms with Gasteiger partial charge in [-0.2, -0.15) is 17.6 Å². The maximum atomic E-state index is 12.3. The van der Waals surface area contributed by atoms with E-state index in [9.17, 15) is 35.1 Å². The van der Waals surface area contributed by atoms with Crippen LogP contribution in [0.15, 0.2) is 0 Å². The van der Waals surface area contributed by atoms with Crippen molar-refractivity contribution in [3.05, 3.63) is 0 Å². The van der Waals surface area contributed by atoms with Crippen molar-refractivity contribution in [2.24, 2.45) is 0 Å². The van der Waals surface area contributed by atoms with Crippen molar-refractivity contribution in [2.45, 2.75) is 36.5 Å². The molecule has 0 aliphatic heterocycles. The molecule has 0 heterocycles. The van der Waals surface area contributed by atoms with Gasteiger partial charge in [0.2, 0.25) is 12.3 Å². The van der Waals surface area contributed by atoms with Crippen molar-refractivity contribution < 1.29 is 35.1 Å². The van der Waals surface area contributed by atoms with E-state index >= 15 is 0 Å². The van der Waals surface area contributed by atoms with Gasteiger partial charge in [0.25, 0.3) is 0 Å². The topological polar surface area (TPSA) is 0 Å². The smallest absolute Gasteiger partial charge is 0.241 e. The molecule has 0 aromatic rings. The van der Waals surface area contributed by atoms with Crippen LogP contribution in [0.4, 0.5) is 35.1 Å². The lowest BCUT2D eigenvalue weighted by atomic mass is 9.86. The van der Waals surface area contributed by atoms with Gasteiger partial charge < -0.3 is 0 Å². The highest BCUT2D eigenvalue weighted by Crippen LogP contribution is 2.50. The molecule has 0 N–H and O–H groups in total. The Morgan fingerprint density at radius 3 is 1.00 bits per heavy atom. The minimum Gasteiger partial charge on any atom is -0.241 e. The van der Waals surface area contributed by atoms with Gasteiger partial charge in [-0.25, -0.2) is 17.6 Å². The van der Waals surface area contributed by atoms with E-state index in [0.29, 0.717) is 0 Å². The Morgan fingerprint density at radius 1 is 0.571 bits per heavy atom. The highest BCUT2D eigenvalue weighted by atomic mass is 19.3. The Kier molecular flexibility index (Phi) is 2.44. The number of halogens is 8. The zero-order chi connectivity index (χ0) is 11.3. The van der Waals surface area contributed by atoms with Gasteiger partial charge in [-0.1, -0.05) is 0 Å². The Balaban J connectivity index is 3.10. The molecule has 0 radical (unpaired) electrons. The van der Waals surface area contributed by atoms with Crippen molar-refractivity contribution in [2.75, 3.05) is 0 Å². The van der Waals surface area contributed by atoms with Gasteiger partial charge in [0.15, 0.2) is 12.3 Å². The van der Waals surface area contributed by atoms with Crippen molar-refractivity contribution in [1.82, 2.24) is 0 Å². The van der Waals surface area contributed by atoms with E-state index in [1.807, 2.05) is 0 Å². The SMILES string of the molecule is FC1[C@@H](F)[C@H](F)C(F)C(F)(F)C1(F)F. The third-order valence-corrected chi connectivity index (χ3v) is 2.00. The van der Waals surface area contributed by atoms with Crippen LogP contribution in [0, 0.1) is 0 Å². The van der Waals surface area contributed by atoms with Gasteiger partial charge in [-0.3, -0.25) is 0 Å². The van der Waals surface area contributed by atoms with E-state index in [2.05, 4.69) is 0 Å². The minimum absolute atomic E-state index is 3.58. The van der Waals surface area contributed by atoms with Crippen LogP contribution in [0.25, 0.3) is 0 Å². The average Bonchev–Trinajstić information content (AvgIpc) is 2.10. The number of hydrogen-bond donors (Lipinski definition) is 0. The second kappa shape index (κ2) is 2.96. The summed E-state index contributed by atoms with van der Waals surface area (Å²) >= 11 is 0. The van der Waals surface area contributed by atoms with Crippen molar-refractivity contribution in [3.8, 4) is 0 Å². The molecule has 84 valence electrons. The van der Waals surface area contributed by atoms with Gasteiger partial charge in [0.1, 0.15) is 0 Å². The molecule has 8 heteroatoms. The summed E-state index contributed by atoms with van der Waals surface area (Å²) in [6.07, 6.45) is -15.3. The maximum absolute atomic E-state index is 12.3. The molecule has 1 rings (SSSR count). The quantitative estimate of drug-likeness (QED) is 0.559. The molecule has 0 aromatic carbocycles. The van der Waals surface area contributed by atoms with E-state index in [1.54, 1.807) is 0 Å². The summed E-state index contributed by atoms with van der Waals surface area (Å²) in [6.45, 7) is 0. The highest BCUT2D eigenvalue weighted by molar-refractivity contribution is 5.09. The summed E-state index contributed by atoms with van der Waals surface area (Å²) in [7, 11) is 0. The molecular formula is C6H4F8. The Labute approximate surface area is 72.9 Å². The fraction of sp³-hybridized carbons (Fsp3) is 1.00. The maximum Gasteiger partial charge on any atom is 0.346 e. The first-order valence-electron chi connectivity index (χ1n) is 3.46. The van der Waals surface area contributed by atoms with E-state index in [1.165, 1.54) is 0 Å². The largest absolute Gasteiger partial charge is 0.346 e. The summed E-state index contributed by atoms with van der Waals surface area (Å²) in [6, 6.07) is 0. The molecule has 0 nitrogen and oxygen atoms in total. The molecule has 1 saturated carbocycles. The lowest BCUT2D eigenvalue weighted by Crippen LogP contribution is -2.66. The zero-order valence-electron chi connectivity index (χ0n) is 6.33. The van der Waals surface area contributed by atoms with Gasteiger partial charge in [-0.15, -0.1) is 0 Å². The number of rotatable bonds is 0. The van der Waals surface area contributed by atoms with E-state index in [0.717, 1.165) is 0 Å². The Bertz CT molecular complexity index is 202. The van der Waals surface area contributed by atoms with Crippen LogP contribution < -0.4 is 0 Å². The lowest BCUT2D eigenvalue weighted by Gasteiger charge is -2.39. The summed E-state index contributed by atoms with van der Waals surface area (Å²) < 4.78 is 98.2. The van der Waals surface area contributed by atoms with Crippen LogP contribution in [0.5, 0.6) is 0 Å². The molecular weight excluding hydrogens is 224 g/mol. The fourth-order valence-electron chi connectivity index (χ4n) is 1.09. The molecule has 0 saturated heterocycles. The predicted octanol–water partition coefficient (Wildman–Crippen LogP) is 2.62. The minimum atomic E-state index is -5.53. The van der Waals surface area contributed by atoms with Crippen LogP contribution in [-0.4, -0.2) is 36.5 Å².